The van der Waals surface area contributed by atoms with Crippen LogP contribution >= 0.6 is 46.9 Å². The molecule has 0 bridgehead atoms. The van der Waals surface area contributed by atoms with Crippen molar-refractivity contribution in [1.29, 1.82) is 0 Å². The van der Waals surface area contributed by atoms with Gasteiger partial charge in [-0.05, 0) is 70.8 Å². The van der Waals surface area contributed by atoms with E-state index in [1.807, 2.05) is 12.1 Å². The van der Waals surface area contributed by atoms with E-state index in [1.165, 1.54) is 23.3 Å². The lowest BCUT2D eigenvalue weighted by Gasteiger charge is -2.40. The Morgan fingerprint density at radius 1 is 1.33 bits per heavy atom. The number of thiazole rings is 1. The first-order chi connectivity index (χ1) is 14.0. The fraction of sp³-hybridized carbons (Fsp3) is 0.545. The number of hydrogen-bond acceptors (Lipinski definition) is 4. The normalized spacial score (nSPS) is 20.0. The average Bonchev–Trinajstić information content (AvgIpc) is 3.01. The summed E-state index contributed by atoms with van der Waals surface area (Å²) in [7, 11) is 2.21. The van der Waals surface area contributed by atoms with E-state index in [1.54, 1.807) is 11.3 Å². The number of benzene rings is 1. The molecule has 1 aliphatic rings. The standard InChI is InChI=1S/C22H32ClN5S.HI/c1-5-24-22(26-14-20-27-15(2)16(3)29-20)25-13-18-9-7-11-28(4)21(18)17-8-6-10-19(23)12-17;/h6,8,10,12,18,21H,5,7,9,11,13-14H2,1-4H3,(H2,24,25,26);1H. The molecule has 1 saturated heterocycles. The van der Waals surface area contributed by atoms with Crippen LogP contribution in [0.25, 0.3) is 0 Å². The van der Waals surface area contributed by atoms with Gasteiger partial charge < -0.3 is 10.6 Å². The van der Waals surface area contributed by atoms with Crippen LogP contribution in [0.5, 0.6) is 0 Å². The number of nitrogens with one attached hydrogen (secondary N) is 2. The molecule has 1 aliphatic heterocycles. The van der Waals surface area contributed by atoms with Gasteiger partial charge in [-0.3, -0.25) is 4.90 Å². The Hall–Kier alpha value is -0.900. The van der Waals surface area contributed by atoms with Crippen molar-refractivity contribution in [2.24, 2.45) is 10.9 Å². The molecule has 30 heavy (non-hydrogen) atoms. The summed E-state index contributed by atoms with van der Waals surface area (Å²) in [5, 5.41) is 8.81. The fourth-order valence-electron chi connectivity index (χ4n) is 4.01. The molecule has 8 heteroatoms. The molecule has 1 fully saturated rings. The molecule has 0 spiro atoms. The maximum atomic E-state index is 6.27. The van der Waals surface area contributed by atoms with Gasteiger partial charge in [0.2, 0.25) is 0 Å². The first kappa shape index (κ1) is 25.4. The van der Waals surface area contributed by atoms with Crippen LogP contribution in [0.1, 0.15) is 46.9 Å². The van der Waals surface area contributed by atoms with Gasteiger partial charge >= 0.3 is 0 Å². The van der Waals surface area contributed by atoms with Gasteiger partial charge in [0.15, 0.2) is 5.96 Å². The van der Waals surface area contributed by atoms with E-state index in [4.69, 9.17) is 16.6 Å². The Morgan fingerprint density at radius 3 is 2.80 bits per heavy atom. The van der Waals surface area contributed by atoms with E-state index >= 15 is 0 Å². The van der Waals surface area contributed by atoms with Crippen molar-refractivity contribution < 1.29 is 0 Å². The van der Waals surface area contributed by atoms with Crippen LogP contribution in [0, 0.1) is 19.8 Å². The Balaban J connectivity index is 0.00000320. The summed E-state index contributed by atoms with van der Waals surface area (Å²) in [4.78, 5) is 13.1. The highest BCUT2D eigenvalue weighted by molar-refractivity contribution is 14.0. The molecule has 0 saturated carbocycles. The SMILES string of the molecule is CCNC(=NCc1nc(C)c(C)s1)NCC1CCCN(C)C1c1cccc(Cl)c1.I. The topological polar surface area (TPSA) is 52.6 Å². The molecule has 0 aliphatic carbocycles. The first-order valence-electron chi connectivity index (χ1n) is 10.4. The molecule has 2 aromatic rings. The first-order valence-corrected chi connectivity index (χ1v) is 11.6. The van der Waals surface area contributed by atoms with E-state index in [2.05, 4.69) is 60.5 Å². The molecular formula is C22H33ClIN5S. The summed E-state index contributed by atoms with van der Waals surface area (Å²) in [6, 6.07) is 8.65. The second kappa shape index (κ2) is 12.2. The Morgan fingerprint density at radius 2 is 2.13 bits per heavy atom. The van der Waals surface area contributed by atoms with Crippen molar-refractivity contribution in [3.05, 3.63) is 50.4 Å². The monoisotopic (exact) mass is 561 g/mol. The van der Waals surface area contributed by atoms with E-state index in [-0.39, 0.29) is 24.0 Å². The number of likely N-dealkylation sites (tertiary alicyclic amines) is 1. The number of nitrogens with zero attached hydrogens (tertiary/aromatic N) is 3. The smallest absolute Gasteiger partial charge is 0.191 e. The number of aryl methyl sites for hydroxylation is 2. The molecule has 2 atom stereocenters. The number of halogens is 2. The zero-order chi connectivity index (χ0) is 20.8. The number of aromatic nitrogens is 1. The summed E-state index contributed by atoms with van der Waals surface area (Å²) in [6.07, 6.45) is 2.41. The third-order valence-electron chi connectivity index (χ3n) is 5.52. The highest BCUT2D eigenvalue weighted by atomic mass is 127. The van der Waals surface area contributed by atoms with Gasteiger partial charge in [-0.1, -0.05) is 23.7 Å². The van der Waals surface area contributed by atoms with Crippen molar-refractivity contribution >= 4 is 52.9 Å². The van der Waals surface area contributed by atoms with Crippen LogP contribution in [0.2, 0.25) is 5.02 Å². The molecule has 1 aromatic carbocycles. The minimum absolute atomic E-state index is 0. The predicted octanol–water partition coefficient (Wildman–Crippen LogP) is 5.17. The van der Waals surface area contributed by atoms with Gasteiger partial charge in [0.05, 0.1) is 12.2 Å². The lowest BCUT2D eigenvalue weighted by Crippen LogP contribution is -2.45. The van der Waals surface area contributed by atoms with E-state index in [0.717, 1.165) is 41.3 Å². The zero-order valence-electron chi connectivity index (χ0n) is 18.2. The van der Waals surface area contributed by atoms with Crippen LogP contribution < -0.4 is 10.6 Å². The van der Waals surface area contributed by atoms with Gasteiger partial charge in [-0.2, -0.15) is 0 Å². The van der Waals surface area contributed by atoms with Crippen LogP contribution in [0.15, 0.2) is 29.3 Å². The summed E-state index contributed by atoms with van der Waals surface area (Å²) >= 11 is 8.00. The van der Waals surface area contributed by atoms with Gasteiger partial charge in [0.1, 0.15) is 5.01 Å². The Kier molecular flexibility index (Phi) is 10.3. The average molecular weight is 562 g/mol. The van der Waals surface area contributed by atoms with E-state index in [9.17, 15) is 0 Å². The van der Waals surface area contributed by atoms with Gasteiger partial charge in [0, 0.05) is 29.0 Å². The number of guanidine groups is 1. The lowest BCUT2D eigenvalue weighted by molar-refractivity contribution is 0.122. The highest BCUT2D eigenvalue weighted by Crippen LogP contribution is 2.35. The minimum atomic E-state index is 0. The molecule has 0 radical (unpaired) electrons. The van der Waals surface area contributed by atoms with Crippen LogP contribution in [0.3, 0.4) is 0 Å². The second-order valence-electron chi connectivity index (χ2n) is 7.71. The third-order valence-corrected chi connectivity index (χ3v) is 6.81. The minimum Gasteiger partial charge on any atom is -0.357 e. The molecule has 5 nitrogen and oxygen atoms in total. The molecule has 166 valence electrons. The highest BCUT2D eigenvalue weighted by Gasteiger charge is 2.30. The quantitative estimate of drug-likeness (QED) is 0.290. The molecule has 0 amide bonds. The zero-order valence-corrected chi connectivity index (χ0v) is 22.1. The van der Waals surface area contributed by atoms with Gasteiger partial charge in [-0.15, -0.1) is 35.3 Å². The van der Waals surface area contributed by atoms with Crippen molar-refractivity contribution in [2.45, 2.75) is 46.2 Å². The molecular weight excluding hydrogens is 529 g/mol. The molecule has 1 aromatic heterocycles. The van der Waals surface area contributed by atoms with E-state index in [0.29, 0.717) is 18.5 Å². The molecule has 2 unspecified atom stereocenters. The third kappa shape index (κ3) is 6.80. The molecule has 2 N–H and O–H groups in total. The number of piperidine rings is 1. The van der Waals surface area contributed by atoms with Gasteiger partial charge in [0.25, 0.3) is 0 Å². The van der Waals surface area contributed by atoms with Crippen molar-refractivity contribution in [2.75, 3.05) is 26.7 Å². The van der Waals surface area contributed by atoms with Crippen LogP contribution in [-0.4, -0.2) is 42.5 Å². The lowest BCUT2D eigenvalue weighted by atomic mass is 9.85. The predicted molar refractivity (Wildman–Crippen MR) is 139 cm³/mol. The molecule has 2 heterocycles. The van der Waals surface area contributed by atoms with Crippen molar-refractivity contribution in [1.82, 2.24) is 20.5 Å². The fourth-order valence-corrected chi connectivity index (χ4v) is 5.07. The summed E-state index contributed by atoms with van der Waals surface area (Å²) in [5.41, 5.74) is 2.40. The summed E-state index contributed by atoms with van der Waals surface area (Å²) in [6.45, 7) is 9.70. The number of aliphatic imine (C=N–C) groups is 1. The number of rotatable bonds is 6. The Bertz CT molecular complexity index is 821. The van der Waals surface area contributed by atoms with Crippen LogP contribution in [0.4, 0.5) is 0 Å². The largest absolute Gasteiger partial charge is 0.357 e. The van der Waals surface area contributed by atoms with Crippen molar-refractivity contribution in [3.63, 3.8) is 0 Å². The maximum Gasteiger partial charge on any atom is 0.191 e. The van der Waals surface area contributed by atoms with Crippen LogP contribution in [-0.2, 0) is 6.54 Å². The Labute approximate surface area is 206 Å². The molecule has 3 rings (SSSR count). The van der Waals surface area contributed by atoms with Crippen molar-refractivity contribution in [3.8, 4) is 0 Å². The van der Waals surface area contributed by atoms with Gasteiger partial charge in [-0.25, -0.2) is 9.98 Å². The number of hydrogen-bond donors (Lipinski definition) is 2. The summed E-state index contributed by atoms with van der Waals surface area (Å²) in [5.74, 6) is 1.36. The van der Waals surface area contributed by atoms with E-state index < -0.39 is 0 Å². The summed E-state index contributed by atoms with van der Waals surface area (Å²) < 4.78 is 0. The maximum absolute atomic E-state index is 6.27. The second-order valence-corrected chi connectivity index (χ2v) is 9.43.